The lowest BCUT2D eigenvalue weighted by Gasteiger charge is -2.21. The highest BCUT2D eigenvalue weighted by atomic mass is 35.5. The molecule has 0 fully saturated rings. The Morgan fingerprint density at radius 2 is 2.17 bits per heavy atom. The molecule has 0 aliphatic rings. The van der Waals surface area contributed by atoms with Gasteiger partial charge in [-0.3, -0.25) is 0 Å². The van der Waals surface area contributed by atoms with Crippen molar-refractivity contribution in [2.45, 2.75) is 19.3 Å². The van der Waals surface area contributed by atoms with Gasteiger partial charge in [-0.2, -0.15) is 0 Å². The third-order valence-corrected chi connectivity index (χ3v) is 4.27. The van der Waals surface area contributed by atoms with E-state index in [1.807, 2.05) is 30.6 Å². The summed E-state index contributed by atoms with van der Waals surface area (Å²) in [6, 6.07) is 5.82. The first-order valence-electron chi connectivity index (χ1n) is 5.56. The largest absolute Gasteiger partial charge is 0.369 e. The van der Waals surface area contributed by atoms with E-state index in [1.54, 1.807) is 11.3 Å². The maximum Gasteiger partial charge on any atom is 0.0798 e. The molecule has 0 aliphatic heterocycles. The standard InChI is InChI=1S/C13H14Cl2N2S/c1-9-13(18-8-16-9)7-17(2)12-4-3-11(15)5-10(12)6-14/h3-5,8H,6-7H2,1-2H3. The molecule has 0 unspecified atom stereocenters. The Balaban J connectivity index is 2.23. The van der Waals surface area contributed by atoms with Crippen LogP contribution in [0.5, 0.6) is 0 Å². The van der Waals surface area contributed by atoms with Gasteiger partial charge in [0.1, 0.15) is 0 Å². The van der Waals surface area contributed by atoms with Crippen molar-refractivity contribution in [2.24, 2.45) is 0 Å². The van der Waals surface area contributed by atoms with E-state index >= 15 is 0 Å². The van der Waals surface area contributed by atoms with Crippen LogP contribution in [-0.2, 0) is 12.4 Å². The molecule has 5 heteroatoms. The maximum atomic E-state index is 5.98. The molecule has 2 aromatic rings. The lowest BCUT2D eigenvalue weighted by molar-refractivity contribution is 0.919. The van der Waals surface area contributed by atoms with E-state index in [2.05, 4.69) is 16.9 Å². The number of nitrogens with zero attached hydrogens (tertiary/aromatic N) is 2. The highest BCUT2D eigenvalue weighted by molar-refractivity contribution is 7.09. The molecule has 0 spiro atoms. The van der Waals surface area contributed by atoms with Gasteiger partial charge in [-0.05, 0) is 30.7 Å². The summed E-state index contributed by atoms with van der Waals surface area (Å²) in [6.07, 6.45) is 0. The predicted molar refractivity (Wildman–Crippen MR) is 80.0 cm³/mol. The smallest absolute Gasteiger partial charge is 0.0798 e. The van der Waals surface area contributed by atoms with E-state index in [4.69, 9.17) is 23.2 Å². The fraction of sp³-hybridized carbons (Fsp3) is 0.308. The molecule has 2 rings (SSSR count). The zero-order valence-electron chi connectivity index (χ0n) is 10.3. The van der Waals surface area contributed by atoms with Crippen molar-refractivity contribution in [3.63, 3.8) is 0 Å². The van der Waals surface area contributed by atoms with Gasteiger partial charge < -0.3 is 4.90 Å². The molecular weight excluding hydrogens is 287 g/mol. The summed E-state index contributed by atoms with van der Waals surface area (Å²) in [7, 11) is 2.05. The highest BCUT2D eigenvalue weighted by Gasteiger charge is 2.10. The second-order valence-electron chi connectivity index (χ2n) is 4.12. The Labute approximate surface area is 121 Å². The summed E-state index contributed by atoms with van der Waals surface area (Å²) in [5, 5.41) is 0.719. The van der Waals surface area contributed by atoms with E-state index in [-0.39, 0.29) is 0 Å². The molecule has 96 valence electrons. The number of hydrogen-bond acceptors (Lipinski definition) is 3. The Bertz CT molecular complexity index is 540. The number of aryl methyl sites for hydroxylation is 1. The number of aromatic nitrogens is 1. The summed E-state index contributed by atoms with van der Waals surface area (Å²) in [6.45, 7) is 2.87. The number of hydrogen-bond donors (Lipinski definition) is 0. The third kappa shape index (κ3) is 2.97. The van der Waals surface area contributed by atoms with Gasteiger partial charge in [-0.25, -0.2) is 4.98 Å². The van der Waals surface area contributed by atoms with Crippen LogP contribution in [0.2, 0.25) is 5.02 Å². The topological polar surface area (TPSA) is 16.1 Å². The fourth-order valence-electron chi connectivity index (χ4n) is 1.81. The van der Waals surface area contributed by atoms with Gasteiger partial charge in [0, 0.05) is 28.5 Å². The van der Waals surface area contributed by atoms with E-state index in [0.717, 1.165) is 28.5 Å². The number of alkyl halides is 1. The normalized spacial score (nSPS) is 10.7. The Hall–Kier alpha value is -0.770. The third-order valence-electron chi connectivity index (χ3n) is 2.82. The van der Waals surface area contributed by atoms with Crippen molar-refractivity contribution in [3.05, 3.63) is 44.9 Å². The lowest BCUT2D eigenvalue weighted by atomic mass is 10.2. The van der Waals surface area contributed by atoms with Gasteiger partial charge in [0.05, 0.1) is 17.7 Å². The van der Waals surface area contributed by atoms with Crippen LogP contribution in [0.3, 0.4) is 0 Å². The zero-order valence-corrected chi connectivity index (χ0v) is 12.6. The van der Waals surface area contributed by atoms with E-state index in [9.17, 15) is 0 Å². The number of rotatable bonds is 4. The molecule has 0 saturated carbocycles. The molecule has 0 amide bonds. The van der Waals surface area contributed by atoms with Gasteiger partial charge in [0.25, 0.3) is 0 Å². The molecule has 0 saturated heterocycles. The molecule has 0 bridgehead atoms. The maximum absolute atomic E-state index is 5.98. The molecule has 1 aromatic carbocycles. The van der Waals surface area contributed by atoms with E-state index in [1.165, 1.54) is 4.88 Å². The molecular formula is C13H14Cl2N2S. The molecule has 0 atom stereocenters. The van der Waals surface area contributed by atoms with E-state index < -0.39 is 0 Å². The molecule has 2 nitrogen and oxygen atoms in total. The summed E-state index contributed by atoms with van der Waals surface area (Å²) >= 11 is 13.6. The van der Waals surface area contributed by atoms with Crippen molar-refractivity contribution < 1.29 is 0 Å². The number of anilines is 1. The van der Waals surface area contributed by atoms with Crippen LogP contribution in [0.4, 0.5) is 5.69 Å². The molecule has 0 radical (unpaired) electrons. The van der Waals surface area contributed by atoms with Gasteiger partial charge in [-0.1, -0.05) is 11.6 Å². The monoisotopic (exact) mass is 300 g/mol. The second-order valence-corrected chi connectivity index (χ2v) is 5.77. The molecule has 1 heterocycles. The van der Waals surface area contributed by atoms with Crippen LogP contribution < -0.4 is 4.90 Å². The van der Waals surface area contributed by atoms with Crippen LogP contribution >= 0.6 is 34.5 Å². The number of benzene rings is 1. The minimum Gasteiger partial charge on any atom is -0.369 e. The van der Waals surface area contributed by atoms with Gasteiger partial charge in [0.2, 0.25) is 0 Å². The first-order chi connectivity index (χ1) is 8.61. The number of thiazole rings is 1. The fourth-order valence-corrected chi connectivity index (χ4v) is 3.05. The zero-order chi connectivity index (χ0) is 13.1. The van der Waals surface area contributed by atoms with Gasteiger partial charge in [0.15, 0.2) is 0 Å². The molecule has 18 heavy (non-hydrogen) atoms. The quantitative estimate of drug-likeness (QED) is 0.774. The summed E-state index contributed by atoms with van der Waals surface area (Å²) in [4.78, 5) is 7.71. The van der Waals surface area contributed by atoms with Crippen LogP contribution in [0, 0.1) is 6.92 Å². The average molecular weight is 301 g/mol. The average Bonchev–Trinajstić information content (AvgIpc) is 2.74. The van der Waals surface area contributed by atoms with E-state index in [0.29, 0.717) is 5.88 Å². The lowest BCUT2D eigenvalue weighted by Crippen LogP contribution is -2.17. The second kappa shape index (κ2) is 5.91. The molecule has 1 aromatic heterocycles. The predicted octanol–water partition coefficient (Wildman–Crippen LogP) is 4.48. The Kier molecular flexibility index (Phi) is 4.49. The van der Waals surface area contributed by atoms with Gasteiger partial charge in [-0.15, -0.1) is 22.9 Å². The van der Waals surface area contributed by atoms with Crippen molar-refractivity contribution in [1.82, 2.24) is 4.98 Å². The van der Waals surface area contributed by atoms with Crippen LogP contribution in [0.15, 0.2) is 23.7 Å². The van der Waals surface area contributed by atoms with Gasteiger partial charge >= 0.3 is 0 Å². The van der Waals surface area contributed by atoms with Crippen LogP contribution in [0.25, 0.3) is 0 Å². The van der Waals surface area contributed by atoms with Crippen molar-refractivity contribution in [1.29, 1.82) is 0 Å². The first-order valence-corrected chi connectivity index (χ1v) is 7.35. The minimum absolute atomic E-state index is 0.460. The van der Waals surface area contributed by atoms with Crippen molar-refractivity contribution in [3.8, 4) is 0 Å². The number of halogens is 2. The Morgan fingerprint density at radius 1 is 1.39 bits per heavy atom. The highest BCUT2D eigenvalue weighted by Crippen LogP contribution is 2.27. The summed E-state index contributed by atoms with van der Waals surface area (Å²) in [5.41, 5.74) is 5.13. The first kappa shape index (κ1) is 13.7. The molecule has 0 aliphatic carbocycles. The Morgan fingerprint density at radius 3 is 2.78 bits per heavy atom. The minimum atomic E-state index is 0.460. The van der Waals surface area contributed by atoms with Crippen molar-refractivity contribution >= 4 is 40.2 Å². The summed E-state index contributed by atoms with van der Waals surface area (Å²) < 4.78 is 0. The van der Waals surface area contributed by atoms with Crippen LogP contribution in [0.1, 0.15) is 16.1 Å². The van der Waals surface area contributed by atoms with Crippen molar-refractivity contribution in [2.75, 3.05) is 11.9 Å². The van der Waals surface area contributed by atoms with Crippen LogP contribution in [-0.4, -0.2) is 12.0 Å². The SMILES string of the molecule is Cc1ncsc1CN(C)c1ccc(Cl)cc1CCl. The summed E-state index contributed by atoms with van der Waals surface area (Å²) in [5.74, 6) is 0.460. The molecule has 0 N–H and O–H groups in total.